The van der Waals surface area contributed by atoms with E-state index in [0.717, 1.165) is 55.1 Å². The van der Waals surface area contributed by atoms with Crippen LogP contribution in [-0.4, -0.2) is 19.4 Å². The van der Waals surface area contributed by atoms with Crippen molar-refractivity contribution in [3.8, 4) is 22.4 Å². The first-order valence-electron chi connectivity index (χ1n) is 18.7. The summed E-state index contributed by atoms with van der Waals surface area (Å²) < 4.78 is 2.24. The molecule has 0 saturated heterocycles. The zero-order chi connectivity index (χ0) is 36.2. The van der Waals surface area contributed by atoms with Crippen molar-refractivity contribution in [2.45, 2.75) is 31.6 Å². The maximum atomic E-state index is 5.29. The van der Waals surface area contributed by atoms with E-state index in [4.69, 9.17) is 15.0 Å². The summed E-state index contributed by atoms with van der Waals surface area (Å²) in [7, 11) is 0. The number of nitrogens with zero attached hydrogens (tertiary/aromatic N) is 4. The number of hydrogen-bond donors (Lipinski definition) is 0. The Bertz CT molecular complexity index is 3120. The van der Waals surface area contributed by atoms with Crippen LogP contribution in [0.4, 0.5) is 0 Å². The van der Waals surface area contributed by atoms with E-state index >= 15 is 0 Å². The number of pyridine rings is 3. The monoisotopic (exact) mass is 692 g/mol. The second kappa shape index (κ2) is 11.2. The predicted octanol–water partition coefficient (Wildman–Crippen LogP) is 12.1. The largest absolute Gasteiger partial charge is 0.276 e. The van der Waals surface area contributed by atoms with E-state index in [0.29, 0.717) is 0 Å². The molecule has 4 aromatic heterocycles. The summed E-state index contributed by atoms with van der Waals surface area (Å²) in [6.45, 7) is 6.92. The van der Waals surface area contributed by atoms with Crippen LogP contribution in [0, 0.1) is 0 Å². The van der Waals surface area contributed by atoms with E-state index in [2.05, 4.69) is 171 Å². The number of para-hydroxylation sites is 2. The first-order chi connectivity index (χ1) is 26.4. The number of aromatic nitrogens is 4. The Labute approximate surface area is 313 Å². The lowest BCUT2D eigenvalue weighted by Crippen LogP contribution is -2.29. The molecule has 0 atom stereocenters. The first-order valence-corrected chi connectivity index (χ1v) is 18.7. The Hall–Kier alpha value is -6.65. The van der Waals surface area contributed by atoms with Gasteiger partial charge in [0.05, 0.1) is 22.1 Å². The normalized spacial score (nSPS) is 13.6. The number of rotatable bonds is 3. The molecule has 1 aliphatic rings. The maximum Gasteiger partial charge on any atom is 0.147 e. The van der Waals surface area contributed by atoms with Crippen LogP contribution in [0.25, 0.3) is 71.6 Å². The summed E-state index contributed by atoms with van der Waals surface area (Å²) in [4.78, 5) is 15.3. The molecule has 1 aliphatic carbocycles. The molecule has 256 valence electrons. The zero-order valence-electron chi connectivity index (χ0n) is 30.4. The Morgan fingerprint density at radius 3 is 2.06 bits per heavy atom. The summed E-state index contributed by atoms with van der Waals surface area (Å²) in [5, 5.41) is 5.68. The molecule has 0 fully saturated rings. The van der Waals surface area contributed by atoms with Crippen molar-refractivity contribution >= 4 is 49.3 Å². The summed E-state index contributed by atoms with van der Waals surface area (Å²) in [5.74, 6) is 0. The van der Waals surface area contributed by atoms with Gasteiger partial charge in [0.15, 0.2) is 0 Å². The molecule has 0 amide bonds. The van der Waals surface area contributed by atoms with Crippen LogP contribution < -0.4 is 0 Å². The first kappa shape index (κ1) is 30.9. The smallest absolute Gasteiger partial charge is 0.147 e. The molecule has 0 radical (unpaired) electrons. The van der Waals surface area contributed by atoms with Gasteiger partial charge in [-0.2, -0.15) is 0 Å². The molecule has 4 heteroatoms. The van der Waals surface area contributed by atoms with Gasteiger partial charge < -0.3 is 0 Å². The Kier molecular flexibility index (Phi) is 6.40. The quantitative estimate of drug-likeness (QED) is 0.173. The standard InChI is InChI=1S/C50H36N4/c1-49(2,3)35-25-33(45-27-31-13-4-5-14-32(31)30-52-45)26-36(28-35)50(42-18-8-6-15-38(42)39-16-7-9-19-43(39)50)34-22-23-37-40-17-12-24-51-47(40)54-46-21-11-10-20-44(46)53-48(54)41(37)29-34/h4-30H,1-3H3. The van der Waals surface area contributed by atoms with Gasteiger partial charge in [-0.3, -0.25) is 9.38 Å². The van der Waals surface area contributed by atoms with Gasteiger partial charge in [-0.15, -0.1) is 0 Å². The topological polar surface area (TPSA) is 43.1 Å². The molecular formula is C50H36N4. The third-order valence-corrected chi connectivity index (χ3v) is 11.7. The molecule has 11 rings (SSSR count). The lowest BCUT2D eigenvalue weighted by atomic mass is 9.66. The minimum Gasteiger partial charge on any atom is -0.276 e. The molecule has 10 aromatic rings. The van der Waals surface area contributed by atoms with Crippen molar-refractivity contribution in [1.29, 1.82) is 0 Å². The van der Waals surface area contributed by atoms with E-state index in [1.54, 1.807) is 0 Å². The molecule has 0 aliphatic heterocycles. The fourth-order valence-electron chi connectivity index (χ4n) is 9.09. The van der Waals surface area contributed by atoms with Crippen molar-refractivity contribution in [1.82, 2.24) is 19.4 Å². The fourth-order valence-corrected chi connectivity index (χ4v) is 9.09. The van der Waals surface area contributed by atoms with Crippen molar-refractivity contribution in [2.75, 3.05) is 0 Å². The molecule has 4 nitrogen and oxygen atoms in total. The van der Waals surface area contributed by atoms with Gasteiger partial charge in [-0.1, -0.05) is 124 Å². The molecule has 6 aromatic carbocycles. The molecule has 0 saturated carbocycles. The summed E-state index contributed by atoms with van der Waals surface area (Å²) >= 11 is 0. The van der Waals surface area contributed by atoms with Gasteiger partial charge in [0, 0.05) is 34.1 Å². The van der Waals surface area contributed by atoms with E-state index in [1.807, 2.05) is 18.5 Å². The van der Waals surface area contributed by atoms with Gasteiger partial charge in [-0.05, 0) is 104 Å². The van der Waals surface area contributed by atoms with Crippen molar-refractivity contribution in [3.05, 3.63) is 192 Å². The molecular weight excluding hydrogens is 657 g/mol. The number of imidazole rings is 1. The minimum atomic E-state index is -0.624. The third kappa shape index (κ3) is 4.28. The van der Waals surface area contributed by atoms with Crippen LogP contribution in [0.5, 0.6) is 0 Å². The summed E-state index contributed by atoms with van der Waals surface area (Å²) in [6.07, 6.45) is 3.88. The number of fused-ring (bicyclic) bond motifs is 12. The van der Waals surface area contributed by atoms with Crippen molar-refractivity contribution < 1.29 is 0 Å². The average molecular weight is 693 g/mol. The second-order valence-corrected chi connectivity index (χ2v) is 15.7. The van der Waals surface area contributed by atoms with Gasteiger partial charge in [-0.25, -0.2) is 9.97 Å². The van der Waals surface area contributed by atoms with E-state index in [9.17, 15) is 0 Å². The van der Waals surface area contributed by atoms with Crippen LogP contribution in [0.2, 0.25) is 0 Å². The molecule has 4 heterocycles. The highest BCUT2D eigenvalue weighted by atomic mass is 15.1. The molecule has 0 bridgehead atoms. The molecule has 0 spiro atoms. The van der Waals surface area contributed by atoms with Crippen molar-refractivity contribution in [3.63, 3.8) is 0 Å². The van der Waals surface area contributed by atoms with Crippen LogP contribution in [-0.2, 0) is 10.8 Å². The fraction of sp³-hybridized carbons (Fsp3) is 0.100. The van der Waals surface area contributed by atoms with E-state index < -0.39 is 5.41 Å². The molecule has 0 unspecified atom stereocenters. The summed E-state index contributed by atoms with van der Waals surface area (Å²) in [6, 6.07) is 55.5. The number of benzene rings is 6. The lowest BCUT2D eigenvalue weighted by molar-refractivity contribution is 0.587. The van der Waals surface area contributed by atoms with Gasteiger partial charge in [0.25, 0.3) is 0 Å². The maximum absolute atomic E-state index is 5.29. The van der Waals surface area contributed by atoms with Gasteiger partial charge in [0.1, 0.15) is 11.3 Å². The zero-order valence-corrected chi connectivity index (χ0v) is 30.4. The van der Waals surface area contributed by atoms with E-state index in [1.165, 1.54) is 44.3 Å². The average Bonchev–Trinajstić information content (AvgIpc) is 3.75. The molecule has 0 N–H and O–H groups in total. The number of hydrogen-bond acceptors (Lipinski definition) is 3. The third-order valence-electron chi connectivity index (χ3n) is 11.7. The van der Waals surface area contributed by atoms with Crippen LogP contribution >= 0.6 is 0 Å². The van der Waals surface area contributed by atoms with Crippen molar-refractivity contribution in [2.24, 2.45) is 0 Å². The highest BCUT2D eigenvalue weighted by molar-refractivity contribution is 6.13. The summed E-state index contributed by atoms with van der Waals surface area (Å²) in [5.41, 5.74) is 14.0. The Morgan fingerprint density at radius 2 is 1.26 bits per heavy atom. The van der Waals surface area contributed by atoms with Crippen LogP contribution in [0.3, 0.4) is 0 Å². The van der Waals surface area contributed by atoms with E-state index in [-0.39, 0.29) is 5.41 Å². The lowest BCUT2D eigenvalue weighted by Gasteiger charge is -2.35. The highest BCUT2D eigenvalue weighted by Gasteiger charge is 2.46. The SMILES string of the molecule is CC(C)(C)c1cc(-c2cc3ccccc3cn2)cc(C2(c3ccc4c5cccnc5n5c6ccccc6nc5c4c3)c3ccccc3-c3ccccc32)c1. The second-order valence-electron chi connectivity index (χ2n) is 15.7. The minimum absolute atomic E-state index is 0.113. The van der Waals surface area contributed by atoms with Crippen LogP contribution in [0.1, 0.15) is 48.6 Å². The van der Waals surface area contributed by atoms with Gasteiger partial charge in [0.2, 0.25) is 0 Å². The molecule has 54 heavy (non-hydrogen) atoms. The van der Waals surface area contributed by atoms with Crippen LogP contribution in [0.15, 0.2) is 164 Å². The Morgan fingerprint density at radius 1 is 0.537 bits per heavy atom. The predicted molar refractivity (Wildman–Crippen MR) is 222 cm³/mol. The Balaban J connectivity index is 1.29. The highest BCUT2D eigenvalue weighted by Crippen LogP contribution is 2.57. The van der Waals surface area contributed by atoms with Gasteiger partial charge >= 0.3 is 0 Å².